The number of hydrogen-bond donors (Lipinski definition) is 0. The molecule has 0 N–H and O–H groups in total. The molecule has 1 heterocycles. The van der Waals surface area contributed by atoms with E-state index in [0.717, 1.165) is 35.4 Å². The predicted molar refractivity (Wildman–Crippen MR) is 119 cm³/mol. The molecule has 1 atom stereocenters. The van der Waals surface area contributed by atoms with E-state index in [0.29, 0.717) is 48.1 Å². The van der Waals surface area contributed by atoms with Crippen LogP contribution in [0.4, 0.5) is 0 Å². The van der Waals surface area contributed by atoms with Crippen LogP contribution in [-0.2, 0) is 22.4 Å². The number of carbonyl (C=O) groups excluding carboxylic acids is 2. The lowest BCUT2D eigenvalue weighted by Gasteiger charge is -2.34. The minimum Gasteiger partial charge on any atom is -0.469 e. The van der Waals surface area contributed by atoms with E-state index in [9.17, 15) is 9.59 Å². The van der Waals surface area contributed by atoms with E-state index in [1.165, 1.54) is 11.8 Å². The zero-order valence-electron chi connectivity index (χ0n) is 17.8. The van der Waals surface area contributed by atoms with Gasteiger partial charge in [-0.2, -0.15) is 5.10 Å². The number of nitrogens with zero attached hydrogens (tertiary/aromatic N) is 2. The molecule has 0 radical (unpaired) electrons. The molecule has 7 heteroatoms. The SMILES string of the molecule is C=C/C(=C(C(=O)n1nc(C)c2c1CC(CCCl)(C(=O)OC)CC2)\C(Cl)=C/C)C1CC1. The third-order valence-electron chi connectivity index (χ3n) is 6.27. The summed E-state index contributed by atoms with van der Waals surface area (Å²) in [6.07, 6.45) is 7.60. The van der Waals surface area contributed by atoms with Crippen LogP contribution >= 0.6 is 23.2 Å². The van der Waals surface area contributed by atoms with Crippen molar-refractivity contribution in [2.45, 2.75) is 52.4 Å². The summed E-state index contributed by atoms with van der Waals surface area (Å²) < 4.78 is 6.53. The summed E-state index contributed by atoms with van der Waals surface area (Å²) in [7, 11) is 1.39. The number of rotatable bonds is 7. The zero-order valence-corrected chi connectivity index (χ0v) is 19.3. The van der Waals surface area contributed by atoms with Crippen LogP contribution < -0.4 is 0 Å². The molecule has 0 amide bonds. The van der Waals surface area contributed by atoms with Gasteiger partial charge in [0.15, 0.2) is 0 Å². The first kappa shape index (κ1) is 22.8. The topological polar surface area (TPSA) is 61.2 Å². The summed E-state index contributed by atoms with van der Waals surface area (Å²) in [6, 6.07) is 0. The van der Waals surface area contributed by atoms with Gasteiger partial charge in [-0.15, -0.1) is 11.6 Å². The van der Waals surface area contributed by atoms with Crippen LogP contribution in [0.15, 0.2) is 34.9 Å². The summed E-state index contributed by atoms with van der Waals surface area (Å²) in [5.74, 6) is 0.0612. The van der Waals surface area contributed by atoms with E-state index in [2.05, 4.69) is 11.7 Å². The zero-order chi connectivity index (χ0) is 22.1. The molecule has 1 fully saturated rings. The van der Waals surface area contributed by atoms with Gasteiger partial charge < -0.3 is 4.74 Å². The molecule has 0 aliphatic heterocycles. The van der Waals surface area contributed by atoms with Crippen LogP contribution in [0, 0.1) is 18.3 Å². The molecule has 2 aliphatic rings. The molecule has 1 aromatic heterocycles. The molecule has 0 bridgehead atoms. The molecule has 3 rings (SSSR count). The Balaban J connectivity index is 2.12. The fraction of sp³-hybridized carbons (Fsp3) is 0.522. The van der Waals surface area contributed by atoms with Crippen LogP contribution in [0.25, 0.3) is 0 Å². The van der Waals surface area contributed by atoms with Crippen LogP contribution in [0.5, 0.6) is 0 Å². The van der Waals surface area contributed by atoms with Crippen molar-refractivity contribution in [2.24, 2.45) is 11.3 Å². The lowest BCUT2D eigenvalue weighted by Crippen LogP contribution is -2.39. The highest BCUT2D eigenvalue weighted by Gasteiger charge is 2.45. The molecular weight excluding hydrogens is 423 g/mol. The van der Waals surface area contributed by atoms with Gasteiger partial charge >= 0.3 is 5.97 Å². The molecule has 0 spiro atoms. The number of allylic oxidation sites excluding steroid dienone is 5. The van der Waals surface area contributed by atoms with Crippen molar-refractivity contribution in [3.63, 3.8) is 0 Å². The lowest BCUT2D eigenvalue weighted by atomic mass is 9.71. The molecule has 5 nitrogen and oxygen atoms in total. The van der Waals surface area contributed by atoms with Crippen molar-refractivity contribution in [2.75, 3.05) is 13.0 Å². The second kappa shape index (κ2) is 9.11. The van der Waals surface area contributed by atoms with E-state index in [1.54, 1.807) is 19.1 Å². The van der Waals surface area contributed by atoms with Gasteiger partial charge in [0.2, 0.25) is 0 Å². The Kier molecular flexibility index (Phi) is 6.93. The van der Waals surface area contributed by atoms with Crippen LogP contribution in [-0.4, -0.2) is 34.6 Å². The number of esters is 1. The van der Waals surface area contributed by atoms with Gasteiger partial charge in [0.25, 0.3) is 5.91 Å². The van der Waals surface area contributed by atoms with Crippen molar-refractivity contribution < 1.29 is 14.3 Å². The summed E-state index contributed by atoms with van der Waals surface area (Å²) >= 11 is 12.5. The number of aryl methyl sites for hydroxylation is 1. The minimum absolute atomic E-state index is 0.282. The van der Waals surface area contributed by atoms with E-state index >= 15 is 0 Å². The Morgan fingerprint density at radius 3 is 2.63 bits per heavy atom. The normalized spacial score (nSPS) is 22.2. The first-order valence-electron chi connectivity index (χ1n) is 10.3. The number of halogens is 2. The van der Waals surface area contributed by atoms with Crippen molar-refractivity contribution in [3.8, 4) is 0 Å². The van der Waals surface area contributed by atoms with E-state index in [1.807, 2.05) is 6.92 Å². The van der Waals surface area contributed by atoms with Gasteiger partial charge in [0.1, 0.15) is 0 Å². The van der Waals surface area contributed by atoms with Crippen molar-refractivity contribution in [1.29, 1.82) is 0 Å². The standard InChI is InChI=1S/C23H28Cl2N2O3/c1-5-16(15-7-8-15)20(18(25)6-2)21(28)27-19-13-23(11-12-24,22(29)30-4)10-9-17(19)14(3)26-27/h5-6,15H,1,7-13H2,2-4H3/b18-6+,20-16-. The molecular formula is C23H28Cl2N2O3. The van der Waals surface area contributed by atoms with Gasteiger partial charge in [-0.25, -0.2) is 4.68 Å². The quantitative estimate of drug-likeness (QED) is 0.249. The summed E-state index contributed by atoms with van der Waals surface area (Å²) in [5.41, 5.74) is 3.11. The van der Waals surface area contributed by atoms with Crippen LogP contribution in [0.1, 0.15) is 54.4 Å². The van der Waals surface area contributed by atoms with Crippen LogP contribution in [0.2, 0.25) is 0 Å². The number of carbonyl (C=O) groups is 2. The number of hydrogen-bond acceptors (Lipinski definition) is 4. The predicted octanol–water partition coefficient (Wildman–Crippen LogP) is 5.14. The summed E-state index contributed by atoms with van der Waals surface area (Å²) in [6.45, 7) is 7.60. The van der Waals surface area contributed by atoms with E-state index in [4.69, 9.17) is 27.9 Å². The first-order valence-corrected chi connectivity index (χ1v) is 11.2. The molecule has 162 valence electrons. The van der Waals surface area contributed by atoms with E-state index in [-0.39, 0.29) is 11.9 Å². The smallest absolute Gasteiger partial charge is 0.312 e. The highest BCUT2D eigenvalue weighted by molar-refractivity contribution is 6.35. The Morgan fingerprint density at radius 2 is 2.10 bits per heavy atom. The third-order valence-corrected chi connectivity index (χ3v) is 6.86. The Morgan fingerprint density at radius 1 is 1.40 bits per heavy atom. The number of methoxy groups -OCH3 is 1. The van der Waals surface area contributed by atoms with Crippen molar-refractivity contribution >= 4 is 35.1 Å². The van der Waals surface area contributed by atoms with Crippen LogP contribution in [0.3, 0.4) is 0 Å². The lowest BCUT2D eigenvalue weighted by molar-refractivity contribution is -0.154. The highest BCUT2D eigenvalue weighted by Crippen LogP contribution is 2.43. The molecule has 30 heavy (non-hydrogen) atoms. The number of alkyl halides is 1. The van der Waals surface area contributed by atoms with Gasteiger partial charge in [-0.1, -0.05) is 30.3 Å². The molecule has 2 aliphatic carbocycles. The Bertz CT molecular complexity index is 940. The van der Waals surface area contributed by atoms with Gasteiger partial charge in [-0.3, -0.25) is 9.59 Å². The average molecular weight is 451 g/mol. The fourth-order valence-corrected chi connectivity index (χ4v) is 4.98. The third kappa shape index (κ3) is 4.02. The number of aromatic nitrogens is 2. The van der Waals surface area contributed by atoms with Crippen molar-refractivity contribution in [3.05, 3.63) is 51.9 Å². The fourth-order valence-electron chi connectivity index (χ4n) is 4.42. The maximum atomic E-state index is 13.7. The van der Waals surface area contributed by atoms with Gasteiger partial charge in [0.05, 0.1) is 29.5 Å². The maximum Gasteiger partial charge on any atom is 0.312 e. The Labute approximate surface area is 187 Å². The molecule has 1 aromatic rings. The molecule has 0 aromatic carbocycles. The van der Waals surface area contributed by atoms with Gasteiger partial charge in [-0.05, 0) is 63.0 Å². The Hall–Kier alpha value is -1.85. The molecule has 1 unspecified atom stereocenters. The van der Waals surface area contributed by atoms with E-state index < -0.39 is 5.41 Å². The highest BCUT2D eigenvalue weighted by atomic mass is 35.5. The summed E-state index contributed by atoms with van der Waals surface area (Å²) in [5, 5.41) is 4.95. The maximum absolute atomic E-state index is 13.7. The minimum atomic E-state index is -0.750. The first-order chi connectivity index (χ1) is 14.3. The second-order valence-corrected chi connectivity index (χ2v) is 8.85. The van der Waals surface area contributed by atoms with Gasteiger partial charge in [0, 0.05) is 17.3 Å². The number of fused-ring (bicyclic) bond motifs is 1. The largest absolute Gasteiger partial charge is 0.469 e. The molecule has 1 saturated carbocycles. The average Bonchev–Trinajstić information content (AvgIpc) is 3.54. The monoisotopic (exact) mass is 450 g/mol. The second-order valence-electron chi connectivity index (χ2n) is 8.06. The summed E-state index contributed by atoms with van der Waals surface area (Å²) in [4.78, 5) is 26.4. The molecule has 0 saturated heterocycles. The number of ether oxygens (including phenoxy) is 1. The van der Waals surface area contributed by atoms with Crippen molar-refractivity contribution in [1.82, 2.24) is 9.78 Å².